The monoisotopic (exact) mass is 195 g/mol. The summed E-state index contributed by atoms with van der Waals surface area (Å²) in [6, 6.07) is 0. The van der Waals surface area contributed by atoms with Crippen molar-refractivity contribution < 1.29 is 9.47 Å². The molecule has 1 fully saturated rings. The highest BCUT2D eigenvalue weighted by Crippen LogP contribution is 2.10. The Morgan fingerprint density at radius 2 is 2.42 bits per heavy atom. The van der Waals surface area contributed by atoms with E-state index in [1.807, 2.05) is 0 Å². The second-order valence-corrected chi connectivity index (χ2v) is 2.93. The molecule has 1 heterocycles. The van der Waals surface area contributed by atoms with E-state index in [9.17, 15) is 0 Å². The van der Waals surface area contributed by atoms with Gasteiger partial charge in [0.15, 0.2) is 0 Å². The predicted octanol–water partition coefficient (Wildman–Crippen LogP) is 0.681. The lowest BCUT2D eigenvalue weighted by Gasteiger charge is -2.07. The minimum atomic E-state index is 0. The molecule has 1 aliphatic rings. The molecule has 0 aliphatic carbocycles. The fourth-order valence-electron chi connectivity index (χ4n) is 1.22. The Bertz CT molecular complexity index is 97.1. The lowest BCUT2D eigenvalue weighted by Crippen LogP contribution is -2.26. The van der Waals surface area contributed by atoms with Crippen molar-refractivity contribution in [3.8, 4) is 0 Å². The van der Waals surface area contributed by atoms with Crippen molar-refractivity contribution >= 4 is 12.4 Å². The summed E-state index contributed by atoms with van der Waals surface area (Å²) in [7, 11) is 1.72. The van der Waals surface area contributed by atoms with Crippen molar-refractivity contribution in [1.29, 1.82) is 0 Å². The molecule has 0 spiro atoms. The van der Waals surface area contributed by atoms with Gasteiger partial charge >= 0.3 is 0 Å². The molecule has 12 heavy (non-hydrogen) atoms. The van der Waals surface area contributed by atoms with Gasteiger partial charge in [0.1, 0.15) is 0 Å². The molecular weight excluding hydrogens is 178 g/mol. The second kappa shape index (κ2) is 7.80. The Balaban J connectivity index is 0.00000121. The third-order valence-electron chi connectivity index (χ3n) is 1.94. The topological polar surface area (TPSA) is 30.5 Å². The quantitative estimate of drug-likeness (QED) is 0.655. The maximum absolute atomic E-state index is 5.24. The number of nitrogens with one attached hydrogen (secondary N) is 1. The number of hydrogen-bond acceptors (Lipinski definition) is 3. The lowest BCUT2D eigenvalue weighted by atomic mass is 10.1. The van der Waals surface area contributed by atoms with Gasteiger partial charge in [0.25, 0.3) is 0 Å². The zero-order chi connectivity index (χ0) is 7.94. The second-order valence-electron chi connectivity index (χ2n) is 2.93. The normalized spacial score (nSPS) is 22.2. The number of rotatable bonds is 5. The number of halogens is 1. The molecule has 0 aromatic carbocycles. The van der Waals surface area contributed by atoms with Gasteiger partial charge in [0, 0.05) is 26.8 Å². The van der Waals surface area contributed by atoms with Gasteiger partial charge in [-0.05, 0) is 12.3 Å². The van der Waals surface area contributed by atoms with E-state index in [0.717, 1.165) is 38.8 Å². The van der Waals surface area contributed by atoms with Crippen molar-refractivity contribution in [2.75, 3.05) is 40.0 Å². The highest BCUT2D eigenvalue weighted by molar-refractivity contribution is 5.85. The van der Waals surface area contributed by atoms with Gasteiger partial charge in [0.2, 0.25) is 0 Å². The van der Waals surface area contributed by atoms with Gasteiger partial charge in [-0.1, -0.05) is 0 Å². The molecule has 1 atom stereocenters. The summed E-state index contributed by atoms with van der Waals surface area (Å²) in [4.78, 5) is 0. The smallest absolute Gasteiger partial charge is 0.0587 e. The minimum absolute atomic E-state index is 0. The third kappa shape index (κ3) is 4.93. The van der Waals surface area contributed by atoms with E-state index in [0.29, 0.717) is 0 Å². The van der Waals surface area contributed by atoms with Crippen molar-refractivity contribution in [1.82, 2.24) is 5.32 Å². The van der Waals surface area contributed by atoms with E-state index in [1.54, 1.807) is 7.11 Å². The van der Waals surface area contributed by atoms with Gasteiger partial charge in [0.05, 0.1) is 13.2 Å². The van der Waals surface area contributed by atoms with Crippen LogP contribution in [-0.2, 0) is 9.47 Å². The predicted molar refractivity (Wildman–Crippen MR) is 50.9 cm³/mol. The van der Waals surface area contributed by atoms with Gasteiger partial charge in [-0.2, -0.15) is 0 Å². The molecule has 4 heteroatoms. The molecule has 0 aromatic heterocycles. The van der Waals surface area contributed by atoms with Crippen LogP contribution in [0.5, 0.6) is 0 Å². The van der Waals surface area contributed by atoms with Crippen LogP contribution in [-0.4, -0.2) is 40.0 Å². The van der Waals surface area contributed by atoms with E-state index in [-0.39, 0.29) is 12.4 Å². The van der Waals surface area contributed by atoms with Crippen LogP contribution in [0.15, 0.2) is 0 Å². The summed E-state index contributed by atoms with van der Waals surface area (Å²) in [5.74, 6) is 0.729. The minimum Gasteiger partial charge on any atom is -0.383 e. The first kappa shape index (κ1) is 12.2. The first-order chi connectivity index (χ1) is 5.43. The van der Waals surface area contributed by atoms with Gasteiger partial charge < -0.3 is 14.8 Å². The maximum atomic E-state index is 5.24. The molecule has 1 rings (SSSR count). The highest BCUT2D eigenvalue weighted by Gasteiger charge is 2.14. The summed E-state index contributed by atoms with van der Waals surface area (Å²) in [5.41, 5.74) is 0. The maximum Gasteiger partial charge on any atom is 0.0587 e. The summed E-state index contributed by atoms with van der Waals surface area (Å²) in [5, 5.41) is 3.32. The number of hydrogen-bond donors (Lipinski definition) is 1. The standard InChI is InChI=1S/C8H17NO2.ClH/c1-10-5-3-9-6-8-2-4-11-7-8;/h8-9H,2-7H2,1H3;1H. The highest BCUT2D eigenvalue weighted by atomic mass is 35.5. The molecule has 1 saturated heterocycles. The van der Waals surface area contributed by atoms with Crippen LogP contribution in [0.2, 0.25) is 0 Å². The van der Waals surface area contributed by atoms with E-state index in [2.05, 4.69) is 5.32 Å². The van der Waals surface area contributed by atoms with Crippen LogP contribution >= 0.6 is 12.4 Å². The van der Waals surface area contributed by atoms with Crippen molar-refractivity contribution in [3.05, 3.63) is 0 Å². The molecule has 0 saturated carbocycles. The van der Waals surface area contributed by atoms with Gasteiger partial charge in [-0.15, -0.1) is 12.4 Å². The number of ether oxygens (including phenoxy) is 2. The average Bonchev–Trinajstić information content (AvgIpc) is 2.50. The fourth-order valence-corrected chi connectivity index (χ4v) is 1.22. The zero-order valence-electron chi connectivity index (χ0n) is 7.54. The van der Waals surface area contributed by atoms with Crippen LogP contribution in [0.3, 0.4) is 0 Å². The molecule has 3 nitrogen and oxygen atoms in total. The Morgan fingerprint density at radius 3 is 3.00 bits per heavy atom. The van der Waals surface area contributed by atoms with Crippen LogP contribution in [0.25, 0.3) is 0 Å². The van der Waals surface area contributed by atoms with E-state index < -0.39 is 0 Å². The summed E-state index contributed by atoms with van der Waals surface area (Å²) in [6.45, 7) is 4.69. The molecule has 0 radical (unpaired) electrons. The Hall–Kier alpha value is 0.170. The molecule has 0 aromatic rings. The van der Waals surface area contributed by atoms with E-state index >= 15 is 0 Å². The first-order valence-corrected chi connectivity index (χ1v) is 4.21. The molecule has 74 valence electrons. The third-order valence-corrected chi connectivity index (χ3v) is 1.94. The van der Waals surface area contributed by atoms with Crippen LogP contribution in [0, 0.1) is 5.92 Å². The number of methoxy groups -OCH3 is 1. The summed E-state index contributed by atoms with van der Waals surface area (Å²) in [6.07, 6.45) is 1.21. The fraction of sp³-hybridized carbons (Fsp3) is 1.00. The van der Waals surface area contributed by atoms with E-state index in [4.69, 9.17) is 9.47 Å². The Kier molecular flexibility index (Phi) is 7.91. The van der Waals surface area contributed by atoms with Crippen LogP contribution in [0.1, 0.15) is 6.42 Å². The zero-order valence-corrected chi connectivity index (χ0v) is 8.36. The lowest BCUT2D eigenvalue weighted by molar-refractivity contribution is 0.180. The van der Waals surface area contributed by atoms with Crippen molar-refractivity contribution in [2.45, 2.75) is 6.42 Å². The Labute approximate surface area is 80.2 Å². The first-order valence-electron chi connectivity index (χ1n) is 4.21. The van der Waals surface area contributed by atoms with Gasteiger partial charge in [-0.3, -0.25) is 0 Å². The summed E-state index contributed by atoms with van der Waals surface area (Å²) >= 11 is 0. The summed E-state index contributed by atoms with van der Waals surface area (Å²) < 4.78 is 10.2. The van der Waals surface area contributed by atoms with Crippen molar-refractivity contribution in [2.24, 2.45) is 5.92 Å². The molecule has 1 aliphatic heterocycles. The molecule has 0 amide bonds. The molecule has 1 N–H and O–H groups in total. The SMILES string of the molecule is COCCNCC1CCOC1.Cl. The van der Waals surface area contributed by atoms with Gasteiger partial charge in [-0.25, -0.2) is 0 Å². The van der Waals surface area contributed by atoms with E-state index in [1.165, 1.54) is 6.42 Å². The molecular formula is C8H18ClNO2. The Morgan fingerprint density at radius 1 is 1.58 bits per heavy atom. The van der Waals surface area contributed by atoms with Crippen LogP contribution < -0.4 is 5.32 Å². The van der Waals surface area contributed by atoms with Crippen LogP contribution in [0.4, 0.5) is 0 Å². The molecule has 1 unspecified atom stereocenters. The van der Waals surface area contributed by atoms with Crippen molar-refractivity contribution in [3.63, 3.8) is 0 Å². The molecule has 0 bridgehead atoms. The largest absolute Gasteiger partial charge is 0.383 e. The average molecular weight is 196 g/mol.